The van der Waals surface area contributed by atoms with Crippen LogP contribution < -0.4 is 5.32 Å². The van der Waals surface area contributed by atoms with Crippen LogP contribution in [0.5, 0.6) is 0 Å². The average Bonchev–Trinajstić information content (AvgIpc) is 2.52. The maximum Gasteiger partial charge on any atom is 0.333 e. The second-order valence-electron chi connectivity index (χ2n) is 6.10. The summed E-state index contributed by atoms with van der Waals surface area (Å²) in [4.78, 5) is 34.4. The molecule has 1 aliphatic rings. The van der Waals surface area contributed by atoms with Crippen LogP contribution in [0.2, 0.25) is 0 Å². The van der Waals surface area contributed by atoms with Gasteiger partial charge in [0.1, 0.15) is 0 Å². The summed E-state index contributed by atoms with van der Waals surface area (Å²) in [6, 6.07) is 5.65. The van der Waals surface area contributed by atoms with E-state index in [0.717, 1.165) is 0 Å². The molecule has 2 rings (SSSR count). The van der Waals surface area contributed by atoms with Crippen molar-refractivity contribution in [1.82, 2.24) is 5.32 Å². The van der Waals surface area contributed by atoms with E-state index >= 15 is 0 Å². The zero-order chi connectivity index (χ0) is 18.1. The topological polar surface area (TPSA) is 119 Å². The van der Waals surface area contributed by atoms with Crippen LogP contribution in [0.4, 0.5) is 5.69 Å². The molecule has 8 heteroatoms. The number of ether oxygens (including phenoxy) is 1. The van der Waals surface area contributed by atoms with Crippen LogP contribution in [-0.4, -0.2) is 34.6 Å². The van der Waals surface area contributed by atoms with Crippen molar-refractivity contribution in [3.8, 4) is 0 Å². The second-order valence-corrected chi connectivity index (χ2v) is 6.10. The number of carbonyl (C=O) groups is 2. The van der Waals surface area contributed by atoms with Crippen LogP contribution in [0.3, 0.4) is 0 Å². The third kappa shape index (κ3) is 3.08. The Bertz CT molecular complexity index is 725. The molecule has 24 heavy (non-hydrogen) atoms. The van der Waals surface area contributed by atoms with Gasteiger partial charge in [-0.15, -0.1) is 0 Å². The van der Waals surface area contributed by atoms with E-state index in [1.165, 1.54) is 31.5 Å². The van der Waals surface area contributed by atoms with Gasteiger partial charge in [0.25, 0.3) is 5.69 Å². The van der Waals surface area contributed by atoms with Crippen LogP contribution in [0, 0.1) is 16.0 Å². The first kappa shape index (κ1) is 17.5. The van der Waals surface area contributed by atoms with E-state index in [1.54, 1.807) is 19.9 Å². The summed E-state index contributed by atoms with van der Waals surface area (Å²) in [6.07, 6.45) is 1.34. The minimum Gasteiger partial charge on any atom is -0.478 e. The smallest absolute Gasteiger partial charge is 0.333 e. The van der Waals surface area contributed by atoms with Crippen LogP contribution >= 0.6 is 0 Å². The lowest BCUT2D eigenvalue weighted by Crippen LogP contribution is -2.54. The molecule has 0 bridgehead atoms. The minimum absolute atomic E-state index is 0.0507. The minimum atomic E-state index is -1.21. The molecule has 2 unspecified atom stereocenters. The van der Waals surface area contributed by atoms with Gasteiger partial charge in [-0.05, 0) is 19.4 Å². The molecule has 2 N–H and O–H groups in total. The first-order chi connectivity index (χ1) is 11.2. The van der Waals surface area contributed by atoms with Gasteiger partial charge < -0.3 is 15.2 Å². The quantitative estimate of drug-likeness (QED) is 0.489. The van der Waals surface area contributed by atoms with Gasteiger partial charge in [-0.3, -0.25) is 14.9 Å². The number of nitrogens with one attached hydrogen (secondary N) is 1. The number of nitro benzene ring substituents is 1. The van der Waals surface area contributed by atoms with Gasteiger partial charge in [-0.25, -0.2) is 4.79 Å². The standard InChI is InChI=1S/C16H18N2O6/c1-16(2)13(15(21)24-3)12(11(8-17-16)14(19)20)9-5-4-6-10(7-9)18(22)23/h4-8,12-13,17H,1-3H3,(H,19,20). The van der Waals surface area contributed by atoms with Crippen molar-refractivity contribution < 1.29 is 24.4 Å². The number of carboxylic acids is 1. The van der Waals surface area contributed by atoms with E-state index < -0.39 is 34.2 Å². The van der Waals surface area contributed by atoms with Crippen molar-refractivity contribution in [3.05, 3.63) is 51.7 Å². The third-order valence-corrected chi connectivity index (χ3v) is 4.19. The average molecular weight is 334 g/mol. The summed E-state index contributed by atoms with van der Waals surface area (Å²) < 4.78 is 4.85. The van der Waals surface area contributed by atoms with Gasteiger partial charge in [-0.2, -0.15) is 0 Å². The predicted octanol–water partition coefficient (Wildman–Crippen LogP) is 1.82. The number of methoxy groups -OCH3 is 1. The summed E-state index contributed by atoms with van der Waals surface area (Å²) >= 11 is 0. The third-order valence-electron chi connectivity index (χ3n) is 4.19. The molecule has 0 aliphatic carbocycles. The second kappa shape index (κ2) is 6.31. The summed E-state index contributed by atoms with van der Waals surface area (Å²) in [5.74, 6) is -3.52. The number of nitro groups is 1. The van der Waals surface area contributed by atoms with Crippen LogP contribution in [0.15, 0.2) is 36.0 Å². The highest BCUT2D eigenvalue weighted by molar-refractivity contribution is 5.91. The SMILES string of the molecule is COC(=O)C1C(c2cccc([N+](=O)[O-])c2)C(C(=O)O)=CNC1(C)C. The number of hydrogen-bond acceptors (Lipinski definition) is 6. The Morgan fingerprint density at radius 1 is 1.38 bits per heavy atom. The molecule has 0 saturated heterocycles. The van der Waals surface area contributed by atoms with Crippen LogP contribution in [-0.2, 0) is 14.3 Å². The Morgan fingerprint density at radius 2 is 2.04 bits per heavy atom. The molecular formula is C16H18N2O6. The van der Waals surface area contributed by atoms with Gasteiger partial charge in [0.2, 0.25) is 0 Å². The summed E-state index contributed by atoms with van der Waals surface area (Å²) in [5.41, 5.74) is -0.633. The van der Waals surface area contributed by atoms with Crippen LogP contribution in [0.1, 0.15) is 25.3 Å². The molecule has 0 radical (unpaired) electrons. The van der Waals surface area contributed by atoms with Crippen molar-refractivity contribution in [3.63, 3.8) is 0 Å². The maximum atomic E-state index is 12.3. The lowest BCUT2D eigenvalue weighted by molar-refractivity contribution is -0.384. The van der Waals surface area contributed by atoms with Gasteiger partial charge in [0.05, 0.1) is 23.5 Å². The number of non-ortho nitro benzene ring substituents is 1. The Morgan fingerprint density at radius 3 is 2.58 bits per heavy atom. The van der Waals surface area contributed by atoms with Crippen LogP contribution in [0.25, 0.3) is 0 Å². The van der Waals surface area contributed by atoms with E-state index in [-0.39, 0.29) is 11.3 Å². The first-order valence-electron chi connectivity index (χ1n) is 7.22. The largest absolute Gasteiger partial charge is 0.478 e. The maximum absolute atomic E-state index is 12.3. The van der Waals surface area contributed by atoms with E-state index in [1.807, 2.05) is 0 Å². The zero-order valence-electron chi connectivity index (χ0n) is 13.5. The molecule has 0 aromatic heterocycles. The lowest BCUT2D eigenvalue weighted by Gasteiger charge is -2.42. The van der Waals surface area contributed by atoms with E-state index in [9.17, 15) is 24.8 Å². The number of benzene rings is 1. The fourth-order valence-electron chi connectivity index (χ4n) is 3.00. The molecule has 1 aromatic carbocycles. The van der Waals surface area contributed by atoms with E-state index in [2.05, 4.69) is 5.32 Å². The molecule has 2 atom stereocenters. The van der Waals surface area contributed by atoms with Gasteiger partial charge >= 0.3 is 11.9 Å². The monoisotopic (exact) mass is 334 g/mol. The van der Waals surface area contributed by atoms with Crippen molar-refractivity contribution >= 4 is 17.6 Å². The number of nitrogens with zero attached hydrogens (tertiary/aromatic N) is 1. The number of carboxylic acid groups (broad SMARTS) is 1. The number of hydrogen-bond donors (Lipinski definition) is 2. The fraction of sp³-hybridized carbons (Fsp3) is 0.375. The summed E-state index contributed by atoms with van der Waals surface area (Å²) in [6.45, 7) is 3.49. The highest BCUT2D eigenvalue weighted by atomic mass is 16.6. The number of carbonyl (C=O) groups excluding carboxylic acids is 1. The molecule has 1 aliphatic heterocycles. The molecule has 0 spiro atoms. The number of aliphatic carboxylic acids is 1. The Hall–Kier alpha value is -2.90. The van der Waals surface area contributed by atoms with Crippen molar-refractivity contribution in [2.45, 2.75) is 25.3 Å². The summed E-state index contributed by atoms with van der Waals surface area (Å²) in [7, 11) is 1.22. The highest BCUT2D eigenvalue weighted by Gasteiger charge is 2.48. The van der Waals surface area contributed by atoms with Gasteiger partial charge in [-0.1, -0.05) is 12.1 Å². The number of esters is 1. The van der Waals surface area contributed by atoms with Crippen molar-refractivity contribution in [2.75, 3.05) is 7.11 Å². The molecule has 128 valence electrons. The van der Waals surface area contributed by atoms with E-state index in [0.29, 0.717) is 5.56 Å². The van der Waals surface area contributed by atoms with E-state index in [4.69, 9.17) is 4.74 Å². The fourth-order valence-corrected chi connectivity index (χ4v) is 3.00. The van der Waals surface area contributed by atoms with Gasteiger partial charge in [0, 0.05) is 29.8 Å². The Kier molecular flexibility index (Phi) is 4.59. The predicted molar refractivity (Wildman–Crippen MR) is 84.3 cm³/mol. The van der Waals surface area contributed by atoms with Crippen molar-refractivity contribution in [1.29, 1.82) is 0 Å². The summed E-state index contributed by atoms with van der Waals surface area (Å²) in [5, 5.41) is 23.4. The zero-order valence-corrected chi connectivity index (χ0v) is 13.5. The Labute approximate surface area is 138 Å². The molecule has 8 nitrogen and oxygen atoms in total. The molecule has 0 saturated carbocycles. The number of rotatable bonds is 4. The van der Waals surface area contributed by atoms with Crippen molar-refractivity contribution in [2.24, 2.45) is 5.92 Å². The molecule has 1 aromatic rings. The highest BCUT2D eigenvalue weighted by Crippen LogP contribution is 2.42. The van der Waals surface area contributed by atoms with Gasteiger partial charge in [0.15, 0.2) is 0 Å². The molecule has 1 heterocycles. The molecule has 0 amide bonds. The Balaban J connectivity index is 2.66. The lowest BCUT2D eigenvalue weighted by atomic mass is 9.69. The molecular weight excluding hydrogens is 316 g/mol. The first-order valence-corrected chi connectivity index (χ1v) is 7.22. The molecule has 0 fully saturated rings. The normalized spacial score (nSPS) is 22.0.